The number of aryl methyl sites for hydroxylation is 1. The lowest BCUT2D eigenvalue weighted by Crippen LogP contribution is -2.34. The van der Waals surface area contributed by atoms with E-state index in [0.29, 0.717) is 47.0 Å². The number of halogens is 1. The predicted octanol–water partition coefficient (Wildman–Crippen LogP) is 5.29. The van der Waals surface area contributed by atoms with E-state index in [0.717, 1.165) is 12.8 Å². The maximum absolute atomic E-state index is 13.3. The minimum Gasteiger partial charge on any atom is -0.494 e. The number of carbonyl (C=O) groups excluding carboxylic acids is 1. The van der Waals surface area contributed by atoms with Crippen molar-refractivity contribution in [3.05, 3.63) is 33.3 Å². The monoisotopic (exact) mass is 465 g/mol. The Morgan fingerprint density at radius 3 is 2.38 bits per heavy atom. The molecule has 1 amide bonds. The average molecular weight is 466 g/mol. The highest BCUT2D eigenvalue weighted by atomic mass is 35.5. The number of methoxy groups -OCH3 is 1. The summed E-state index contributed by atoms with van der Waals surface area (Å²) in [7, 11) is 3.27. The lowest BCUT2D eigenvalue weighted by molar-refractivity contribution is 0.0296. The van der Waals surface area contributed by atoms with Crippen molar-refractivity contribution in [2.24, 2.45) is 5.41 Å². The van der Waals surface area contributed by atoms with Crippen molar-refractivity contribution >= 4 is 28.6 Å². The Kier molecular flexibility index (Phi) is 8.21. The Morgan fingerprint density at radius 2 is 1.81 bits per heavy atom. The molecule has 2 rings (SSSR count). The molecule has 0 aliphatic carbocycles. The zero-order valence-corrected chi connectivity index (χ0v) is 21.3. The number of carbonyl (C=O) groups is 1. The van der Waals surface area contributed by atoms with Crippen LogP contribution in [0.25, 0.3) is 10.9 Å². The highest BCUT2D eigenvalue weighted by Crippen LogP contribution is 2.28. The molecule has 0 aliphatic heterocycles. The normalized spacial score (nSPS) is 12.2. The molecule has 0 fully saturated rings. The summed E-state index contributed by atoms with van der Waals surface area (Å²) >= 11 is 6.20. The maximum Gasteiger partial charge on any atom is 0.410 e. The summed E-state index contributed by atoms with van der Waals surface area (Å²) in [6, 6.07) is 3.32. The number of hydrogen-bond donors (Lipinski definition) is 0. The summed E-state index contributed by atoms with van der Waals surface area (Å²) in [4.78, 5) is 31.9. The molecule has 1 aromatic heterocycles. The Bertz CT molecular complexity index is 1020. The molecule has 0 radical (unpaired) electrons. The molecule has 0 N–H and O–H groups in total. The SMILES string of the molecule is COc1cc(Cl)cc2c(=O)n(CC(C)(C)C)c(CCCCN(C)C(=O)OC(C)(C)C)nc12. The van der Waals surface area contributed by atoms with E-state index < -0.39 is 5.60 Å². The molecule has 2 aromatic rings. The third-order valence-corrected chi connectivity index (χ3v) is 4.99. The molecular weight excluding hydrogens is 430 g/mol. The van der Waals surface area contributed by atoms with Crippen molar-refractivity contribution in [2.45, 2.75) is 73.0 Å². The quantitative estimate of drug-likeness (QED) is 0.519. The zero-order valence-electron chi connectivity index (χ0n) is 20.5. The first kappa shape index (κ1) is 26.0. The molecule has 8 heteroatoms. The minimum atomic E-state index is -0.522. The van der Waals surface area contributed by atoms with Crippen LogP contribution in [0.2, 0.25) is 5.02 Å². The van der Waals surface area contributed by atoms with Gasteiger partial charge in [0.05, 0.1) is 12.5 Å². The lowest BCUT2D eigenvalue weighted by atomic mass is 9.96. The van der Waals surface area contributed by atoms with E-state index in [9.17, 15) is 9.59 Å². The number of fused-ring (bicyclic) bond motifs is 1. The molecule has 32 heavy (non-hydrogen) atoms. The van der Waals surface area contributed by atoms with Gasteiger partial charge < -0.3 is 14.4 Å². The molecule has 0 atom stereocenters. The summed E-state index contributed by atoms with van der Waals surface area (Å²) < 4.78 is 12.6. The molecule has 0 spiro atoms. The number of unbranched alkanes of at least 4 members (excludes halogenated alkanes) is 1. The second-order valence-electron chi connectivity index (χ2n) is 10.3. The topological polar surface area (TPSA) is 73.7 Å². The summed E-state index contributed by atoms with van der Waals surface area (Å²) in [6.07, 6.45) is 1.80. The Balaban J connectivity index is 2.26. The maximum atomic E-state index is 13.3. The summed E-state index contributed by atoms with van der Waals surface area (Å²) in [5.74, 6) is 1.19. The van der Waals surface area contributed by atoms with Crippen LogP contribution in [0.5, 0.6) is 5.75 Å². The van der Waals surface area contributed by atoms with Crippen LogP contribution in [-0.2, 0) is 17.7 Å². The fraction of sp³-hybridized carbons (Fsp3) is 0.625. The van der Waals surface area contributed by atoms with Crippen LogP contribution in [-0.4, -0.2) is 46.8 Å². The van der Waals surface area contributed by atoms with E-state index >= 15 is 0 Å². The van der Waals surface area contributed by atoms with Gasteiger partial charge in [-0.2, -0.15) is 0 Å². The van der Waals surface area contributed by atoms with Crippen LogP contribution in [0.1, 0.15) is 60.2 Å². The highest BCUT2D eigenvalue weighted by molar-refractivity contribution is 6.31. The zero-order chi connectivity index (χ0) is 24.3. The third kappa shape index (κ3) is 7.12. The number of hydrogen-bond acceptors (Lipinski definition) is 5. The first-order valence-electron chi connectivity index (χ1n) is 10.9. The van der Waals surface area contributed by atoms with Crippen LogP contribution >= 0.6 is 11.6 Å². The Labute approximate surface area is 195 Å². The van der Waals surface area contributed by atoms with Gasteiger partial charge in [-0.3, -0.25) is 9.36 Å². The van der Waals surface area contributed by atoms with Gasteiger partial charge in [-0.25, -0.2) is 9.78 Å². The molecule has 0 saturated heterocycles. The lowest BCUT2D eigenvalue weighted by Gasteiger charge is -2.25. The van der Waals surface area contributed by atoms with E-state index in [1.54, 1.807) is 35.8 Å². The van der Waals surface area contributed by atoms with E-state index in [2.05, 4.69) is 20.8 Å². The molecular formula is C24H36ClN3O4. The van der Waals surface area contributed by atoms with E-state index in [1.807, 2.05) is 20.8 Å². The summed E-state index contributed by atoms with van der Waals surface area (Å²) in [5, 5.41) is 0.889. The number of amides is 1. The minimum absolute atomic E-state index is 0.104. The standard InChI is InChI=1S/C24H36ClN3O4/c1-23(2,3)15-28-19(11-9-10-12-27(7)22(30)32-24(4,5)6)26-20-17(21(28)29)13-16(25)14-18(20)31-8/h13-14H,9-12,15H2,1-8H3. The molecule has 0 unspecified atom stereocenters. The van der Waals surface area contributed by atoms with Crippen LogP contribution in [0.15, 0.2) is 16.9 Å². The molecule has 0 aliphatic rings. The first-order valence-corrected chi connectivity index (χ1v) is 11.3. The van der Waals surface area contributed by atoms with E-state index in [1.165, 1.54) is 0 Å². The van der Waals surface area contributed by atoms with Crippen molar-refractivity contribution in [1.82, 2.24) is 14.5 Å². The van der Waals surface area contributed by atoms with Gasteiger partial charge in [0.15, 0.2) is 0 Å². The fourth-order valence-electron chi connectivity index (χ4n) is 3.35. The molecule has 0 bridgehead atoms. The van der Waals surface area contributed by atoms with Crippen molar-refractivity contribution < 1.29 is 14.3 Å². The van der Waals surface area contributed by atoms with Gasteiger partial charge in [0.1, 0.15) is 22.7 Å². The molecule has 1 aromatic carbocycles. The van der Waals surface area contributed by atoms with Crippen molar-refractivity contribution in [1.29, 1.82) is 0 Å². The Hall–Kier alpha value is -2.28. The smallest absolute Gasteiger partial charge is 0.410 e. The average Bonchev–Trinajstić information content (AvgIpc) is 2.65. The molecule has 1 heterocycles. The van der Waals surface area contributed by atoms with Crippen LogP contribution in [0, 0.1) is 5.41 Å². The van der Waals surface area contributed by atoms with E-state index in [-0.39, 0.29) is 17.1 Å². The van der Waals surface area contributed by atoms with Crippen molar-refractivity contribution in [2.75, 3.05) is 20.7 Å². The van der Waals surface area contributed by atoms with Gasteiger partial charge in [-0.15, -0.1) is 0 Å². The van der Waals surface area contributed by atoms with Gasteiger partial charge in [-0.1, -0.05) is 32.4 Å². The van der Waals surface area contributed by atoms with Crippen LogP contribution in [0.3, 0.4) is 0 Å². The van der Waals surface area contributed by atoms with Gasteiger partial charge in [0.25, 0.3) is 5.56 Å². The van der Waals surface area contributed by atoms with Gasteiger partial charge in [0.2, 0.25) is 0 Å². The third-order valence-electron chi connectivity index (χ3n) is 4.77. The number of ether oxygens (including phenoxy) is 2. The van der Waals surface area contributed by atoms with Crippen molar-refractivity contribution in [3.63, 3.8) is 0 Å². The van der Waals surface area contributed by atoms with Gasteiger partial charge in [0, 0.05) is 37.6 Å². The molecule has 178 valence electrons. The fourth-order valence-corrected chi connectivity index (χ4v) is 3.56. The summed E-state index contributed by atoms with van der Waals surface area (Å²) in [5.41, 5.74) is -0.224. The number of aromatic nitrogens is 2. The predicted molar refractivity (Wildman–Crippen MR) is 129 cm³/mol. The number of rotatable bonds is 7. The first-order chi connectivity index (χ1) is 14.7. The second-order valence-corrected chi connectivity index (χ2v) is 10.8. The van der Waals surface area contributed by atoms with Crippen LogP contribution in [0.4, 0.5) is 4.79 Å². The molecule has 7 nitrogen and oxygen atoms in total. The van der Waals surface area contributed by atoms with Crippen molar-refractivity contribution in [3.8, 4) is 5.75 Å². The van der Waals surface area contributed by atoms with Gasteiger partial charge >= 0.3 is 6.09 Å². The number of benzene rings is 1. The Morgan fingerprint density at radius 1 is 1.16 bits per heavy atom. The van der Waals surface area contributed by atoms with Gasteiger partial charge in [-0.05, 0) is 45.1 Å². The second kappa shape index (κ2) is 10.1. The summed E-state index contributed by atoms with van der Waals surface area (Å²) in [6.45, 7) is 12.9. The molecule has 0 saturated carbocycles. The van der Waals surface area contributed by atoms with E-state index in [4.69, 9.17) is 26.1 Å². The largest absolute Gasteiger partial charge is 0.494 e. The number of nitrogens with zero attached hydrogens (tertiary/aromatic N) is 3. The van der Waals surface area contributed by atoms with Crippen LogP contribution < -0.4 is 10.3 Å². The highest BCUT2D eigenvalue weighted by Gasteiger charge is 2.21.